The summed E-state index contributed by atoms with van der Waals surface area (Å²) in [6.45, 7) is 6.78. The lowest BCUT2D eigenvalue weighted by molar-refractivity contribution is 0.0697. The standard InChI is InChI=1S/C19H21N3O2/c1-4-22(14(3)16-10-8-15(13-20)9-11-16)19(23)17-7-6-12-21-18(17)24-5-2/h6-12,14H,4-5H2,1-3H3. The molecule has 0 aliphatic carbocycles. The maximum absolute atomic E-state index is 13.0. The molecule has 0 spiro atoms. The maximum atomic E-state index is 13.0. The van der Waals surface area contributed by atoms with E-state index in [1.807, 2.05) is 32.9 Å². The molecule has 0 radical (unpaired) electrons. The fourth-order valence-electron chi connectivity index (χ4n) is 2.57. The van der Waals surface area contributed by atoms with Crippen molar-refractivity contribution < 1.29 is 9.53 Å². The van der Waals surface area contributed by atoms with E-state index >= 15 is 0 Å². The Morgan fingerprint density at radius 2 is 2.00 bits per heavy atom. The summed E-state index contributed by atoms with van der Waals surface area (Å²) < 4.78 is 5.47. The molecular weight excluding hydrogens is 302 g/mol. The van der Waals surface area contributed by atoms with Gasteiger partial charge in [-0.1, -0.05) is 12.1 Å². The summed E-state index contributed by atoms with van der Waals surface area (Å²) in [6.07, 6.45) is 1.61. The molecule has 0 saturated heterocycles. The van der Waals surface area contributed by atoms with Gasteiger partial charge in [-0.25, -0.2) is 4.98 Å². The molecule has 0 saturated carbocycles. The molecule has 1 atom stereocenters. The Labute approximate surface area is 142 Å². The monoisotopic (exact) mass is 323 g/mol. The van der Waals surface area contributed by atoms with Crippen LogP contribution in [-0.2, 0) is 0 Å². The molecule has 5 nitrogen and oxygen atoms in total. The van der Waals surface area contributed by atoms with Crippen molar-refractivity contribution in [2.24, 2.45) is 0 Å². The van der Waals surface area contributed by atoms with Crippen LogP contribution in [0.5, 0.6) is 5.88 Å². The van der Waals surface area contributed by atoms with Crippen LogP contribution in [0, 0.1) is 11.3 Å². The summed E-state index contributed by atoms with van der Waals surface area (Å²) in [7, 11) is 0. The van der Waals surface area contributed by atoms with Crippen LogP contribution in [0.25, 0.3) is 0 Å². The number of ether oxygens (including phenoxy) is 1. The van der Waals surface area contributed by atoms with Crippen molar-refractivity contribution in [2.75, 3.05) is 13.2 Å². The molecule has 2 rings (SSSR count). The number of benzene rings is 1. The van der Waals surface area contributed by atoms with E-state index in [2.05, 4.69) is 11.1 Å². The normalized spacial score (nSPS) is 11.4. The SMILES string of the molecule is CCOc1ncccc1C(=O)N(CC)C(C)c1ccc(C#N)cc1. The highest BCUT2D eigenvalue weighted by atomic mass is 16.5. The lowest BCUT2D eigenvalue weighted by Crippen LogP contribution is -2.33. The Morgan fingerprint density at radius 3 is 2.58 bits per heavy atom. The van der Waals surface area contributed by atoms with E-state index < -0.39 is 0 Å². The maximum Gasteiger partial charge on any atom is 0.259 e. The second-order valence-electron chi connectivity index (χ2n) is 5.29. The summed E-state index contributed by atoms with van der Waals surface area (Å²) in [6, 6.07) is 12.7. The van der Waals surface area contributed by atoms with E-state index in [-0.39, 0.29) is 11.9 Å². The van der Waals surface area contributed by atoms with Gasteiger partial charge >= 0.3 is 0 Å². The zero-order valence-electron chi connectivity index (χ0n) is 14.2. The second kappa shape index (κ2) is 8.11. The highest BCUT2D eigenvalue weighted by molar-refractivity contribution is 5.96. The number of aromatic nitrogens is 1. The molecule has 0 fully saturated rings. The molecule has 0 aliphatic heterocycles. The van der Waals surface area contributed by atoms with Gasteiger partial charge in [-0.3, -0.25) is 4.79 Å². The van der Waals surface area contributed by atoms with Crippen molar-refractivity contribution in [2.45, 2.75) is 26.8 Å². The molecular formula is C19H21N3O2. The number of carbonyl (C=O) groups is 1. The molecule has 0 bridgehead atoms. The number of rotatable bonds is 6. The Kier molecular flexibility index (Phi) is 5.91. The number of amides is 1. The number of nitrogens with zero attached hydrogens (tertiary/aromatic N) is 3. The Balaban J connectivity index is 2.29. The lowest BCUT2D eigenvalue weighted by atomic mass is 10.0. The van der Waals surface area contributed by atoms with E-state index in [9.17, 15) is 4.79 Å². The zero-order chi connectivity index (χ0) is 17.5. The first-order valence-electron chi connectivity index (χ1n) is 8.01. The quantitative estimate of drug-likeness (QED) is 0.815. The average molecular weight is 323 g/mol. The number of carbonyl (C=O) groups excluding carboxylic acids is 1. The van der Waals surface area contributed by atoms with Crippen molar-refractivity contribution >= 4 is 5.91 Å². The topological polar surface area (TPSA) is 66.2 Å². The first-order chi connectivity index (χ1) is 11.6. The Bertz CT molecular complexity index is 735. The summed E-state index contributed by atoms with van der Waals surface area (Å²) in [5, 5.41) is 8.91. The first kappa shape index (κ1) is 17.5. The number of hydrogen-bond acceptors (Lipinski definition) is 4. The summed E-state index contributed by atoms with van der Waals surface area (Å²) >= 11 is 0. The summed E-state index contributed by atoms with van der Waals surface area (Å²) in [4.78, 5) is 18.9. The molecule has 5 heteroatoms. The fraction of sp³-hybridized carbons (Fsp3) is 0.316. The molecule has 1 amide bonds. The smallest absolute Gasteiger partial charge is 0.259 e. The van der Waals surface area contributed by atoms with Gasteiger partial charge in [-0.15, -0.1) is 0 Å². The van der Waals surface area contributed by atoms with Crippen molar-refractivity contribution in [3.63, 3.8) is 0 Å². The minimum Gasteiger partial charge on any atom is -0.477 e. The van der Waals surface area contributed by atoms with Gasteiger partial charge in [-0.05, 0) is 50.6 Å². The van der Waals surface area contributed by atoms with E-state index in [1.165, 1.54) is 0 Å². The third kappa shape index (κ3) is 3.72. The number of pyridine rings is 1. The largest absolute Gasteiger partial charge is 0.477 e. The molecule has 1 heterocycles. The first-order valence-corrected chi connectivity index (χ1v) is 8.01. The van der Waals surface area contributed by atoms with E-state index in [0.29, 0.717) is 30.2 Å². The van der Waals surface area contributed by atoms with Gasteiger partial charge < -0.3 is 9.64 Å². The van der Waals surface area contributed by atoms with Crippen LogP contribution in [0.4, 0.5) is 0 Å². The van der Waals surface area contributed by atoms with E-state index in [4.69, 9.17) is 10.00 Å². The van der Waals surface area contributed by atoms with Crippen molar-refractivity contribution in [1.29, 1.82) is 5.26 Å². The van der Waals surface area contributed by atoms with Crippen LogP contribution >= 0.6 is 0 Å². The predicted octanol–water partition coefficient (Wildman–Crippen LogP) is 3.58. The van der Waals surface area contributed by atoms with Crippen molar-refractivity contribution in [3.05, 3.63) is 59.3 Å². The molecule has 0 N–H and O–H groups in total. The fourth-order valence-corrected chi connectivity index (χ4v) is 2.57. The highest BCUT2D eigenvalue weighted by Crippen LogP contribution is 2.25. The molecule has 124 valence electrons. The number of nitriles is 1. The second-order valence-corrected chi connectivity index (χ2v) is 5.29. The van der Waals surface area contributed by atoms with Crippen LogP contribution < -0.4 is 4.74 Å². The van der Waals surface area contributed by atoms with Gasteiger partial charge in [0.15, 0.2) is 0 Å². The van der Waals surface area contributed by atoms with Crippen LogP contribution in [0.15, 0.2) is 42.6 Å². The Hall–Kier alpha value is -2.87. The molecule has 2 aromatic rings. The molecule has 0 aliphatic rings. The minimum atomic E-state index is -0.120. The molecule has 1 unspecified atom stereocenters. The highest BCUT2D eigenvalue weighted by Gasteiger charge is 2.24. The van der Waals surface area contributed by atoms with E-state index in [1.54, 1.807) is 35.4 Å². The van der Waals surface area contributed by atoms with Gasteiger partial charge in [0, 0.05) is 12.7 Å². The Morgan fingerprint density at radius 1 is 1.29 bits per heavy atom. The third-order valence-corrected chi connectivity index (χ3v) is 3.87. The molecule has 1 aromatic heterocycles. The van der Waals surface area contributed by atoms with Crippen LogP contribution in [-0.4, -0.2) is 28.9 Å². The lowest BCUT2D eigenvalue weighted by Gasteiger charge is -2.29. The predicted molar refractivity (Wildman–Crippen MR) is 91.7 cm³/mol. The minimum absolute atomic E-state index is 0.120. The number of hydrogen-bond donors (Lipinski definition) is 0. The van der Waals surface area contributed by atoms with Gasteiger partial charge in [0.2, 0.25) is 5.88 Å². The van der Waals surface area contributed by atoms with Gasteiger partial charge in [0.05, 0.1) is 24.3 Å². The summed E-state index contributed by atoms with van der Waals surface area (Å²) in [5.74, 6) is 0.237. The van der Waals surface area contributed by atoms with Gasteiger partial charge in [-0.2, -0.15) is 5.26 Å². The van der Waals surface area contributed by atoms with Crippen molar-refractivity contribution in [3.8, 4) is 11.9 Å². The van der Waals surface area contributed by atoms with Gasteiger partial charge in [0.25, 0.3) is 5.91 Å². The van der Waals surface area contributed by atoms with Crippen LogP contribution in [0.3, 0.4) is 0 Å². The molecule has 1 aromatic carbocycles. The van der Waals surface area contributed by atoms with Crippen LogP contribution in [0.1, 0.15) is 48.3 Å². The van der Waals surface area contributed by atoms with Gasteiger partial charge in [0.1, 0.15) is 5.56 Å². The average Bonchev–Trinajstić information content (AvgIpc) is 2.63. The van der Waals surface area contributed by atoms with Crippen LogP contribution in [0.2, 0.25) is 0 Å². The summed E-state index contributed by atoms with van der Waals surface area (Å²) in [5.41, 5.74) is 2.04. The van der Waals surface area contributed by atoms with E-state index in [0.717, 1.165) is 5.56 Å². The van der Waals surface area contributed by atoms with Crippen molar-refractivity contribution in [1.82, 2.24) is 9.88 Å². The third-order valence-electron chi connectivity index (χ3n) is 3.87. The zero-order valence-corrected chi connectivity index (χ0v) is 14.2. The molecule has 24 heavy (non-hydrogen) atoms.